The molecular formula is C15H26N2O. The summed E-state index contributed by atoms with van der Waals surface area (Å²) in [4.78, 5) is 2.49. The molecule has 1 aromatic heterocycles. The Kier molecular flexibility index (Phi) is 4.46. The van der Waals surface area contributed by atoms with Crippen LogP contribution in [0.3, 0.4) is 0 Å². The number of piperidine rings is 1. The summed E-state index contributed by atoms with van der Waals surface area (Å²) in [7, 11) is 0. The van der Waals surface area contributed by atoms with Gasteiger partial charge in [0.25, 0.3) is 0 Å². The van der Waals surface area contributed by atoms with Crippen LogP contribution in [0.1, 0.15) is 51.3 Å². The molecule has 3 heteroatoms. The van der Waals surface area contributed by atoms with Gasteiger partial charge in [-0.1, -0.05) is 26.7 Å². The summed E-state index contributed by atoms with van der Waals surface area (Å²) in [5.41, 5.74) is 6.49. The second kappa shape index (κ2) is 5.89. The summed E-state index contributed by atoms with van der Waals surface area (Å²) in [5.74, 6) is 1.01. The summed E-state index contributed by atoms with van der Waals surface area (Å²) < 4.78 is 5.52. The Morgan fingerprint density at radius 2 is 2.00 bits per heavy atom. The van der Waals surface area contributed by atoms with Crippen LogP contribution in [-0.2, 0) is 0 Å². The van der Waals surface area contributed by atoms with Crippen molar-refractivity contribution in [3.8, 4) is 0 Å². The lowest BCUT2D eigenvalue weighted by Gasteiger charge is -2.43. The SMILES string of the molecule is CCC1(CC)CCN(C(CN)c2ccco2)CC1. The fraction of sp³-hybridized carbons (Fsp3) is 0.733. The van der Waals surface area contributed by atoms with E-state index >= 15 is 0 Å². The van der Waals surface area contributed by atoms with Crippen LogP contribution in [0.15, 0.2) is 22.8 Å². The van der Waals surface area contributed by atoms with E-state index in [0.717, 1.165) is 18.8 Å². The highest BCUT2D eigenvalue weighted by atomic mass is 16.3. The second-order valence-corrected chi connectivity index (χ2v) is 5.51. The number of hydrogen-bond donors (Lipinski definition) is 1. The molecule has 0 aromatic carbocycles. The molecule has 102 valence electrons. The Balaban J connectivity index is 2.00. The molecule has 0 amide bonds. The van der Waals surface area contributed by atoms with Crippen LogP contribution in [-0.4, -0.2) is 24.5 Å². The number of furan rings is 1. The first-order chi connectivity index (χ1) is 8.74. The zero-order valence-corrected chi connectivity index (χ0v) is 11.7. The maximum absolute atomic E-state index is 5.93. The Morgan fingerprint density at radius 3 is 2.44 bits per heavy atom. The van der Waals surface area contributed by atoms with E-state index in [1.165, 1.54) is 25.7 Å². The van der Waals surface area contributed by atoms with E-state index in [4.69, 9.17) is 10.2 Å². The standard InChI is InChI=1S/C15H26N2O/c1-3-15(4-2)7-9-17(10-8-15)13(12-16)14-6-5-11-18-14/h5-6,11,13H,3-4,7-10,12,16H2,1-2H3. The fourth-order valence-electron chi connectivity index (χ4n) is 3.19. The third kappa shape index (κ3) is 2.62. The van der Waals surface area contributed by atoms with Gasteiger partial charge in [-0.05, 0) is 43.5 Å². The van der Waals surface area contributed by atoms with Crippen LogP contribution in [0.4, 0.5) is 0 Å². The maximum atomic E-state index is 5.93. The zero-order valence-electron chi connectivity index (χ0n) is 11.7. The number of hydrogen-bond acceptors (Lipinski definition) is 3. The van der Waals surface area contributed by atoms with Crippen molar-refractivity contribution in [3.05, 3.63) is 24.2 Å². The van der Waals surface area contributed by atoms with Crippen molar-refractivity contribution in [2.75, 3.05) is 19.6 Å². The largest absolute Gasteiger partial charge is 0.468 e. The Morgan fingerprint density at radius 1 is 1.33 bits per heavy atom. The molecule has 1 saturated heterocycles. The maximum Gasteiger partial charge on any atom is 0.122 e. The van der Waals surface area contributed by atoms with Crippen molar-refractivity contribution in [2.24, 2.45) is 11.1 Å². The van der Waals surface area contributed by atoms with Crippen LogP contribution in [0.25, 0.3) is 0 Å². The van der Waals surface area contributed by atoms with Gasteiger partial charge in [0.1, 0.15) is 5.76 Å². The Labute approximate surface area is 110 Å². The zero-order chi connectivity index (χ0) is 13.0. The van der Waals surface area contributed by atoms with Gasteiger partial charge in [0.15, 0.2) is 0 Å². The molecule has 0 aliphatic carbocycles. The van der Waals surface area contributed by atoms with Crippen LogP contribution in [0.2, 0.25) is 0 Å². The molecule has 2 rings (SSSR count). The van der Waals surface area contributed by atoms with E-state index in [9.17, 15) is 0 Å². The average Bonchev–Trinajstić information content (AvgIpc) is 2.95. The van der Waals surface area contributed by atoms with Gasteiger partial charge in [-0.25, -0.2) is 0 Å². The van der Waals surface area contributed by atoms with Crippen LogP contribution in [0, 0.1) is 5.41 Å². The van der Waals surface area contributed by atoms with E-state index in [1.807, 2.05) is 12.1 Å². The van der Waals surface area contributed by atoms with E-state index < -0.39 is 0 Å². The first-order valence-electron chi connectivity index (χ1n) is 7.22. The first-order valence-corrected chi connectivity index (χ1v) is 7.22. The van der Waals surface area contributed by atoms with Crippen LogP contribution >= 0.6 is 0 Å². The number of rotatable bonds is 5. The molecule has 1 unspecified atom stereocenters. The van der Waals surface area contributed by atoms with Crippen molar-refractivity contribution >= 4 is 0 Å². The lowest BCUT2D eigenvalue weighted by molar-refractivity contribution is 0.0611. The molecule has 0 spiro atoms. The topological polar surface area (TPSA) is 42.4 Å². The molecule has 0 saturated carbocycles. The van der Waals surface area contributed by atoms with E-state index in [-0.39, 0.29) is 6.04 Å². The molecule has 1 aliphatic rings. The molecule has 1 fully saturated rings. The second-order valence-electron chi connectivity index (χ2n) is 5.51. The lowest BCUT2D eigenvalue weighted by atomic mass is 9.74. The average molecular weight is 250 g/mol. The van der Waals surface area contributed by atoms with Gasteiger partial charge in [0.05, 0.1) is 12.3 Å². The lowest BCUT2D eigenvalue weighted by Crippen LogP contribution is -2.43. The highest BCUT2D eigenvalue weighted by molar-refractivity contribution is 5.06. The van der Waals surface area contributed by atoms with Gasteiger partial charge < -0.3 is 10.2 Å². The molecule has 1 aliphatic heterocycles. The van der Waals surface area contributed by atoms with Gasteiger partial charge in [0.2, 0.25) is 0 Å². The summed E-state index contributed by atoms with van der Waals surface area (Å²) in [6.45, 7) is 7.57. The van der Waals surface area contributed by atoms with Gasteiger partial charge in [-0.15, -0.1) is 0 Å². The minimum Gasteiger partial charge on any atom is -0.468 e. The van der Waals surface area contributed by atoms with Crippen molar-refractivity contribution in [1.82, 2.24) is 4.90 Å². The van der Waals surface area contributed by atoms with Gasteiger partial charge in [-0.3, -0.25) is 4.90 Å². The van der Waals surface area contributed by atoms with E-state index in [0.29, 0.717) is 12.0 Å². The predicted molar refractivity (Wildman–Crippen MR) is 74.3 cm³/mol. The fourth-order valence-corrected chi connectivity index (χ4v) is 3.19. The molecular weight excluding hydrogens is 224 g/mol. The molecule has 1 aromatic rings. The molecule has 2 heterocycles. The highest BCUT2D eigenvalue weighted by Gasteiger charge is 2.34. The minimum absolute atomic E-state index is 0.256. The monoisotopic (exact) mass is 250 g/mol. The van der Waals surface area contributed by atoms with E-state index in [2.05, 4.69) is 18.7 Å². The molecule has 3 nitrogen and oxygen atoms in total. The summed E-state index contributed by atoms with van der Waals surface area (Å²) in [6.07, 6.45) is 6.91. The van der Waals surface area contributed by atoms with Crippen LogP contribution < -0.4 is 5.73 Å². The third-order valence-electron chi connectivity index (χ3n) is 4.89. The Bertz CT molecular complexity index is 333. The van der Waals surface area contributed by atoms with Crippen molar-refractivity contribution in [3.63, 3.8) is 0 Å². The molecule has 18 heavy (non-hydrogen) atoms. The smallest absolute Gasteiger partial charge is 0.122 e. The molecule has 2 N–H and O–H groups in total. The van der Waals surface area contributed by atoms with Gasteiger partial charge >= 0.3 is 0 Å². The molecule has 1 atom stereocenters. The van der Waals surface area contributed by atoms with E-state index in [1.54, 1.807) is 6.26 Å². The molecule has 0 bridgehead atoms. The third-order valence-corrected chi connectivity index (χ3v) is 4.89. The van der Waals surface area contributed by atoms with Crippen molar-refractivity contribution < 1.29 is 4.42 Å². The summed E-state index contributed by atoms with van der Waals surface area (Å²) in [5, 5.41) is 0. The number of likely N-dealkylation sites (tertiary alicyclic amines) is 1. The summed E-state index contributed by atoms with van der Waals surface area (Å²) in [6, 6.07) is 4.25. The van der Waals surface area contributed by atoms with Crippen molar-refractivity contribution in [2.45, 2.75) is 45.6 Å². The predicted octanol–water partition coefficient (Wildman–Crippen LogP) is 3.18. The van der Waals surface area contributed by atoms with Crippen molar-refractivity contribution in [1.29, 1.82) is 0 Å². The molecule has 0 radical (unpaired) electrons. The Hall–Kier alpha value is -0.800. The highest BCUT2D eigenvalue weighted by Crippen LogP contribution is 2.39. The quantitative estimate of drug-likeness (QED) is 0.872. The normalized spacial score (nSPS) is 21.9. The number of nitrogens with zero attached hydrogens (tertiary/aromatic N) is 1. The summed E-state index contributed by atoms with van der Waals surface area (Å²) >= 11 is 0. The number of nitrogens with two attached hydrogens (primary N) is 1. The minimum atomic E-state index is 0.256. The van der Waals surface area contributed by atoms with Crippen LogP contribution in [0.5, 0.6) is 0 Å². The van der Waals surface area contributed by atoms with Gasteiger partial charge in [-0.2, -0.15) is 0 Å². The van der Waals surface area contributed by atoms with Gasteiger partial charge in [0, 0.05) is 6.54 Å². The first kappa shape index (κ1) is 13.6.